The van der Waals surface area contributed by atoms with E-state index in [-0.39, 0.29) is 17.9 Å². The Hall–Kier alpha value is -3.50. The first-order chi connectivity index (χ1) is 15.6. The van der Waals surface area contributed by atoms with Crippen LogP contribution in [0.4, 0.5) is 0 Å². The number of amides is 2. The summed E-state index contributed by atoms with van der Waals surface area (Å²) in [5.41, 5.74) is 2.36. The molecule has 7 heteroatoms. The van der Waals surface area contributed by atoms with Gasteiger partial charge in [0, 0.05) is 24.7 Å². The van der Waals surface area contributed by atoms with Crippen LogP contribution in [0.1, 0.15) is 50.7 Å². The van der Waals surface area contributed by atoms with Gasteiger partial charge in [0.1, 0.15) is 5.69 Å². The van der Waals surface area contributed by atoms with Gasteiger partial charge in [0.2, 0.25) is 0 Å². The minimum Gasteiger partial charge on any atom is -0.350 e. The Bertz CT molecular complexity index is 1170. The summed E-state index contributed by atoms with van der Waals surface area (Å²) in [7, 11) is 0. The molecular formula is C25H24N4O2S. The van der Waals surface area contributed by atoms with Gasteiger partial charge in [0.15, 0.2) is 0 Å². The molecule has 1 aromatic heterocycles. The van der Waals surface area contributed by atoms with Crippen LogP contribution < -0.4 is 5.32 Å². The van der Waals surface area contributed by atoms with Crippen molar-refractivity contribution in [2.45, 2.75) is 32.2 Å². The highest BCUT2D eigenvalue weighted by Crippen LogP contribution is 2.32. The first kappa shape index (κ1) is 21.7. The van der Waals surface area contributed by atoms with Gasteiger partial charge in [0.05, 0.1) is 21.5 Å². The molecule has 2 aromatic carbocycles. The highest BCUT2D eigenvalue weighted by molar-refractivity contribution is 7.15. The maximum atomic E-state index is 13.5. The van der Waals surface area contributed by atoms with Crippen LogP contribution in [0.2, 0.25) is 0 Å². The van der Waals surface area contributed by atoms with E-state index in [1.807, 2.05) is 48.2 Å². The number of carbonyl (C=O) groups is 2. The molecule has 1 N–H and O–H groups in total. The number of nitriles is 1. The zero-order valence-electron chi connectivity index (χ0n) is 17.9. The topological polar surface area (TPSA) is 86.1 Å². The maximum Gasteiger partial charge on any atom is 0.274 e. The van der Waals surface area contributed by atoms with Gasteiger partial charge >= 0.3 is 0 Å². The van der Waals surface area contributed by atoms with Gasteiger partial charge in [-0.1, -0.05) is 36.4 Å². The number of rotatable bonds is 5. The van der Waals surface area contributed by atoms with Crippen LogP contribution in [-0.2, 0) is 0 Å². The molecule has 4 rings (SSSR count). The van der Waals surface area contributed by atoms with Crippen LogP contribution in [0, 0.1) is 18.3 Å². The van der Waals surface area contributed by atoms with Crippen molar-refractivity contribution >= 4 is 23.2 Å². The van der Waals surface area contributed by atoms with E-state index in [9.17, 15) is 9.59 Å². The van der Waals surface area contributed by atoms with Gasteiger partial charge in [-0.15, -0.1) is 11.3 Å². The Balaban J connectivity index is 1.51. The molecule has 0 aliphatic carbocycles. The molecule has 0 bridgehead atoms. The zero-order chi connectivity index (χ0) is 22.5. The molecule has 2 amide bonds. The predicted molar refractivity (Wildman–Crippen MR) is 124 cm³/mol. The standard InChI is InChI=1S/C25H24N4O2S/c1-17-28-22(23(32-17)19-9-3-2-4-10-19)25(31)29-13-6-5-12-21(29)16-27-24(30)20-11-7-8-18(14-20)15-26/h2-4,7-11,14,21H,5-6,12-13,16H2,1H3,(H,27,30). The Morgan fingerprint density at radius 3 is 2.78 bits per heavy atom. The number of hydrogen-bond donors (Lipinski definition) is 1. The molecule has 0 radical (unpaired) electrons. The summed E-state index contributed by atoms with van der Waals surface area (Å²) in [5, 5.41) is 12.9. The third-order valence-electron chi connectivity index (χ3n) is 5.61. The van der Waals surface area contributed by atoms with Gasteiger partial charge in [-0.05, 0) is 49.9 Å². The molecule has 6 nitrogen and oxygen atoms in total. The molecule has 32 heavy (non-hydrogen) atoms. The fraction of sp³-hybridized carbons (Fsp3) is 0.280. The average molecular weight is 445 g/mol. The lowest BCUT2D eigenvalue weighted by Crippen LogP contribution is -2.49. The molecule has 3 aromatic rings. The number of nitrogens with zero attached hydrogens (tertiary/aromatic N) is 3. The summed E-state index contributed by atoms with van der Waals surface area (Å²) in [6.07, 6.45) is 2.77. The Morgan fingerprint density at radius 2 is 2.00 bits per heavy atom. The smallest absolute Gasteiger partial charge is 0.274 e. The third-order valence-corrected chi connectivity index (χ3v) is 6.63. The number of piperidine rings is 1. The molecule has 1 aliphatic heterocycles. The van der Waals surface area contributed by atoms with Crippen LogP contribution in [0.15, 0.2) is 54.6 Å². The fourth-order valence-corrected chi connectivity index (χ4v) is 4.93. The molecule has 1 saturated heterocycles. The second-order valence-corrected chi connectivity index (χ2v) is 9.03. The molecule has 1 fully saturated rings. The number of likely N-dealkylation sites (tertiary alicyclic amines) is 1. The van der Waals surface area contributed by atoms with E-state index in [0.717, 1.165) is 34.7 Å². The number of aryl methyl sites for hydroxylation is 1. The Labute approximate surface area is 191 Å². The zero-order valence-corrected chi connectivity index (χ0v) is 18.7. The van der Waals surface area contributed by atoms with E-state index in [1.165, 1.54) is 11.3 Å². The van der Waals surface area contributed by atoms with Crippen LogP contribution in [-0.4, -0.2) is 40.8 Å². The van der Waals surface area contributed by atoms with Crippen molar-refractivity contribution < 1.29 is 9.59 Å². The summed E-state index contributed by atoms with van der Waals surface area (Å²) < 4.78 is 0. The van der Waals surface area contributed by atoms with E-state index < -0.39 is 0 Å². The third kappa shape index (κ3) is 4.71. The van der Waals surface area contributed by atoms with Crippen molar-refractivity contribution in [3.63, 3.8) is 0 Å². The molecule has 1 aliphatic rings. The minimum atomic E-state index is -0.241. The van der Waals surface area contributed by atoms with Gasteiger partial charge < -0.3 is 10.2 Å². The van der Waals surface area contributed by atoms with Crippen LogP contribution in [0.25, 0.3) is 10.4 Å². The number of aromatic nitrogens is 1. The van der Waals surface area contributed by atoms with Crippen molar-refractivity contribution in [3.8, 4) is 16.5 Å². The number of nitrogens with one attached hydrogen (secondary N) is 1. The van der Waals surface area contributed by atoms with Crippen LogP contribution in [0.5, 0.6) is 0 Å². The number of hydrogen-bond acceptors (Lipinski definition) is 5. The molecule has 1 atom stereocenters. The van der Waals surface area contributed by atoms with Crippen molar-refractivity contribution in [2.24, 2.45) is 0 Å². The van der Waals surface area contributed by atoms with Gasteiger partial charge in [-0.2, -0.15) is 5.26 Å². The molecule has 1 unspecified atom stereocenters. The summed E-state index contributed by atoms with van der Waals surface area (Å²) in [4.78, 5) is 33.5. The first-order valence-corrected chi connectivity index (χ1v) is 11.5. The first-order valence-electron chi connectivity index (χ1n) is 10.7. The normalized spacial score (nSPS) is 15.8. The van der Waals surface area contributed by atoms with E-state index in [2.05, 4.69) is 10.3 Å². The van der Waals surface area contributed by atoms with Gasteiger partial charge in [-0.25, -0.2) is 4.98 Å². The van der Waals surface area contributed by atoms with Crippen molar-refractivity contribution in [3.05, 3.63) is 76.4 Å². The molecule has 0 saturated carbocycles. The SMILES string of the molecule is Cc1nc(C(=O)N2CCCCC2CNC(=O)c2cccc(C#N)c2)c(-c2ccccc2)s1. The summed E-state index contributed by atoms with van der Waals surface area (Å²) in [5.74, 6) is -0.326. The van der Waals surface area contributed by atoms with Crippen molar-refractivity contribution in [2.75, 3.05) is 13.1 Å². The van der Waals surface area contributed by atoms with E-state index >= 15 is 0 Å². The molecule has 162 valence electrons. The highest BCUT2D eigenvalue weighted by atomic mass is 32.1. The lowest BCUT2D eigenvalue weighted by molar-refractivity contribution is 0.0598. The lowest BCUT2D eigenvalue weighted by Gasteiger charge is -2.35. The quantitative estimate of drug-likeness (QED) is 0.631. The summed E-state index contributed by atoms with van der Waals surface area (Å²) >= 11 is 1.53. The number of carbonyl (C=O) groups excluding carboxylic acids is 2. The Morgan fingerprint density at radius 1 is 1.19 bits per heavy atom. The monoisotopic (exact) mass is 444 g/mol. The summed E-state index contributed by atoms with van der Waals surface area (Å²) in [6, 6.07) is 18.4. The van der Waals surface area contributed by atoms with Crippen molar-refractivity contribution in [1.82, 2.24) is 15.2 Å². The maximum absolute atomic E-state index is 13.5. The largest absolute Gasteiger partial charge is 0.350 e. The van der Waals surface area contributed by atoms with E-state index in [1.54, 1.807) is 24.3 Å². The lowest BCUT2D eigenvalue weighted by atomic mass is 10.0. The van der Waals surface area contributed by atoms with E-state index in [4.69, 9.17) is 5.26 Å². The van der Waals surface area contributed by atoms with Crippen LogP contribution >= 0.6 is 11.3 Å². The predicted octanol–water partition coefficient (Wildman–Crippen LogP) is 4.41. The average Bonchev–Trinajstić information content (AvgIpc) is 3.24. The minimum absolute atomic E-state index is 0.0846. The van der Waals surface area contributed by atoms with Gasteiger partial charge in [0.25, 0.3) is 11.8 Å². The summed E-state index contributed by atoms with van der Waals surface area (Å²) in [6.45, 7) is 2.93. The number of benzene rings is 2. The molecule has 2 heterocycles. The Kier molecular flexibility index (Phi) is 6.62. The van der Waals surface area contributed by atoms with Crippen LogP contribution in [0.3, 0.4) is 0 Å². The van der Waals surface area contributed by atoms with Gasteiger partial charge in [-0.3, -0.25) is 9.59 Å². The highest BCUT2D eigenvalue weighted by Gasteiger charge is 2.31. The fourth-order valence-electron chi connectivity index (χ4n) is 4.02. The number of thiazole rings is 1. The molecular weight excluding hydrogens is 420 g/mol. The molecule has 0 spiro atoms. The van der Waals surface area contributed by atoms with Crippen molar-refractivity contribution in [1.29, 1.82) is 5.26 Å². The second kappa shape index (κ2) is 9.75. The second-order valence-electron chi connectivity index (χ2n) is 7.83. The van der Waals surface area contributed by atoms with E-state index in [0.29, 0.717) is 29.9 Å².